The van der Waals surface area contributed by atoms with Gasteiger partial charge < -0.3 is 10.1 Å². The van der Waals surface area contributed by atoms with E-state index in [-0.39, 0.29) is 33.1 Å². The molecule has 172 valence electrons. The van der Waals surface area contributed by atoms with Crippen molar-refractivity contribution in [1.82, 2.24) is 9.29 Å². The number of carbonyl (C=O) groups excluding carboxylic acids is 2. The molecule has 2 unspecified atom stereocenters. The molecular weight excluding hydrogens is 477 g/mol. The Balaban J connectivity index is 1.59. The Morgan fingerprint density at radius 1 is 1.16 bits per heavy atom. The van der Waals surface area contributed by atoms with Crippen molar-refractivity contribution in [3.63, 3.8) is 0 Å². The van der Waals surface area contributed by atoms with Crippen LogP contribution in [-0.4, -0.2) is 49.3 Å². The van der Waals surface area contributed by atoms with Crippen LogP contribution in [0.1, 0.15) is 30.6 Å². The summed E-state index contributed by atoms with van der Waals surface area (Å²) in [5, 5.41) is 2.87. The molecule has 11 heteroatoms. The number of halogens is 2. The number of aromatic nitrogens is 1. The number of hydrogen-bond acceptors (Lipinski definition) is 6. The number of carbonyl (C=O) groups is 2. The van der Waals surface area contributed by atoms with E-state index < -0.39 is 28.5 Å². The van der Waals surface area contributed by atoms with E-state index in [1.54, 1.807) is 0 Å². The lowest BCUT2D eigenvalue weighted by Gasteiger charge is -2.34. The molecule has 0 spiro atoms. The van der Waals surface area contributed by atoms with Gasteiger partial charge >= 0.3 is 5.97 Å². The number of rotatable bonds is 6. The van der Waals surface area contributed by atoms with Crippen molar-refractivity contribution in [2.24, 2.45) is 11.8 Å². The molecule has 2 heterocycles. The van der Waals surface area contributed by atoms with Gasteiger partial charge in [-0.25, -0.2) is 18.2 Å². The first-order chi connectivity index (χ1) is 15.1. The van der Waals surface area contributed by atoms with Crippen LogP contribution < -0.4 is 5.32 Å². The molecule has 1 fully saturated rings. The Labute approximate surface area is 196 Å². The molecule has 2 aromatic rings. The third-order valence-electron chi connectivity index (χ3n) is 4.96. The van der Waals surface area contributed by atoms with E-state index >= 15 is 0 Å². The SMILES string of the molecule is CC1CC(C)CN(S(=O)(=O)c2ccc(C(=O)OCC(=O)Nc3ncc(Cl)cc3Cl)cc2)C1. The van der Waals surface area contributed by atoms with Crippen molar-refractivity contribution >= 4 is 50.9 Å². The maximum Gasteiger partial charge on any atom is 0.338 e. The lowest BCUT2D eigenvalue weighted by atomic mass is 9.94. The summed E-state index contributed by atoms with van der Waals surface area (Å²) in [5.41, 5.74) is 0.125. The molecule has 1 aliphatic heterocycles. The zero-order valence-corrected chi connectivity index (χ0v) is 19.9. The number of sulfonamides is 1. The molecule has 8 nitrogen and oxygen atoms in total. The van der Waals surface area contributed by atoms with Crippen LogP contribution in [0.4, 0.5) is 5.82 Å². The average molecular weight is 500 g/mol. The second-order valence-electron chi connectivity index (χ2n) is 7.90. The summed E-state index contributed by atoms with van der Waals surface area (Å²) in [6.07, 6.45) is 2.31. The first kappa shape index (κ1) is 24.4. The van der Waals surface area contributed by atoms with Crippen LogP contribution in [0.5, 0.6) is 0 Å². The molecule has 0 radical (unpaired) electrons. The molecule has 1 aromatic carbocycles. The zero-order chi connectivity index (χ0) is 23.5. The molecule has 1 aliphatic rings. The van der Waals surface area contributed by atoms with Gasteiger partial charge in [0.25, 0.3) is 5.91 Å². The number of esters is 1. The van der Waals surface area contributed by atoms with Crippen LogP contribution in [0.25, 0.3) is 0 Å². The van der Waals surface area contributed by atoms with Gasteiger partial charge in [-0.3, -0.25) is 4.79 Å². The number of hydrogen-bond donors (Lipinski definition) is 1. The summed E-state index contributed by atoms with van der Waals surface area (Å²) in [6, 6.07) is 6.88. The van der Waals surface area contributed by atoms with Gasteiger partial charge in [-0.1, -0.05) is 37.0 Å². The standard InChI is InChI=1S/C21H23Cl2N3O5S/c1-13-7-14(2)11-26(10-13)32(29,30)17-5-3-15(4-6-17)21(28)31-12-19(27)25-20-18(23)8-16(22)9-24-20/h3-6,8-9,13-14H,7,10-12H2,1-2H3,(H,24,25,27). The third kappa shape index (κ3) is 5.98. The van der Waals surface area contributed by atoms with Crippen LogP contribution in [0, 0.1) is 11.8 Å². The van der Waals surface area contributed by atoms with E-state index in [0.717, 1.165) is 6.42 Å². The fraction of sp³-hybridized carbons (Fsp3) is 0.381. The summed E-state index contributed by atoms with van der Waals surface area (Å²) in [4.78, 5) is 28.2. The quantitative estimate of drug-likeness (QED) is 0.604. The number of nitrogens with zero attached hydrogens (tertiary/aromatic N) is 2. The topological polar surface area (TPSA) is 106 Å². The molecule has 2 atom stereocenters. The second-order valence-corrected chi connectivity index (χ2v) is 10.7. The van der Waals surface area contributed by atoms with Gasteiger partial charge in [0.15, 0.2) is 12.4 Å². The highest BCUT2D eigenvalue weighted by Gasteiger charge is 2.31. The summed E-state index contributed by atoms with van der Waals surface area (Å²) in [7, 11) is -3.65. The van der Waals surface area contributed by atoms with Crippen molar-refractivity contribution in [3.8, 4) is 0 Å². The van der Waals surface area contributed by atoms with Gasteiger partial charge in [-0.2, -0.15) is 4.31 Å². The summed E-state index contributed by atoms with van der Waals surface area (Å²) >= 11 is 11.7. The molecule has 0 aliphatic carbocycles. The average Bonchev–Trinajstić information content (AvgIpc) is 2.73. The molecular formula is C21H23Cl2N3O5S. The van der Waals surface area contributed by atoms with Gasteiger partial charge in [0.1, 0.15) is 0 Å². The van der Waals surface area contributed by atoms with Gasteiger partial charge in [-0.05, 0) is 48.6 Å². The van der Waals surface area contributed by atoms with Crippen LogP contribution in [0.15, 0.2) is 41.4 Å². The fourth-order valence-electron chi connectivity index (χ4n) is 3.60. The zero-order valence-electron chi connectivity index (χ0n) is 17.5. The normalized spacial score (nSPS) is 19.4. The molecule has 0 bridgehead atoms. The van der Waals surface area contributed by atoms with Gasteiger partial charge in [0, 0.05) is 19.3 Å². The number of pyridine rings is 1. The van der Waals surface area contributed by atoms with Crippen LogP contribution in [0.3, 0.4) is 0 Å². The second kappa shape index (κ2) is 10.2. The van der Waals surface area contributed by atoms with E-state index in [1.807, 2.05) is 13.8 Å². The van der Waals surface area contributed by atoms with Crippen molar-refractivity contribution in [2.75, 3.05) is 25.0 Å². The smallest absolute Gasteiger partial charge is 0.338 e. The van der Waals surface area contributed by atoms with E-state index in [9.17, 15) is 18.0 Å². The number of nitrogens with one attached hydrogen (secondary N) is 1. The predicted molar refractivity (Wildman–Crippen MR) is 121 cm³/mol. The summed E-state index contributed by atoms with van der Waals surface area (Å²) < 4.78 is 32.3. The lowest BCUT2D eigenvalue weighted by Crippen LogP contribution is -2.42. The summed E-state index contributed by atoms with van der Waals surface area (Å²) in [5.74, 6) is -0.742. The first-order valence-corrected chi connectivity index (χ1v) is 12.1. The first-order valence-electron chi connectivity index (χ1n) is 9.94. The Kier molecular flexibility index (Phi) is 7.76. The Hall–Kier alpha value is -2.20. The molecule has 1 saturated heterocycles. The van der Waals surface area contributed by atoms with Crippen LogP contribution >= 0.6 is 23.2 Å². The number of ether oxygens (including phenoxy) is 1. The van der Waals surface area contributed by atoms with Crippen molar-refractivity contribution < 1.29 is 22.7 Å². The van der Waals surface area contributed by atoms with Crippen LogP contribution in [-0.2, 0) is 19.6 Å². The van der Waals surface area contributed by atoms with E-state index in [0.29, 0.717) is 18.1 Å². The highest BCUT2D eigenvalue weighted by Crippen LogP contribution is 2.27. The van der Waals surface area contributed by atoms with E-state index in [2.05, 4.69) is 10.3 Å². The highest BCUT2D eigenvalue weighted by atomic mass is 35.5. The lowest BCUT2D eigenvalue weighted by molar-refractivity contribution is -0.119. The number of anilines is 1. The van der Waals surface area contributed by atoms with Gasteiger partial charge in [-0.15, -0.1) is 0 Å². The Morgan fingerprint density at radius 2 is 1.78 bits per heavy atom. The minimum absolute atomic E-state index is 0.0908. The van der Waals surface area contributed by atoms with Crippen LogP contribution in [0.2, 0.25) is 10.0 Å². The predicted octanol–water partition coefficient (Wildman–Crippen LogP) is 3.85. The van der Waals surface area contributed by atoms with E-state index in [1.165, 1.54) is 40.8 Å². The maximum atomic E-state index is 12.9. The highest BCUT2D eigenvalue weighted by molar-refractivity contribution is 7.89. The maximum absolute atomic E-state index is 12.9. The summed E-state index contributed by atoms with van der Waals surface area (Å²) in [6.45, 7) is 4.44. The van der Waals surface area contributed by atoms with Gasteiger partial charge in [0.05, 0.1) is 20.5 Å². The largest absolute Gasteiger partial charge is 0.452 e. The molecule has 1 amide bonds. The minimum Gasteiger partial charge on any atom is -0.452 e. The monoisotopic (exact) mass is 499 g/mol. The third-order valence-corrected chi connectivity index (χ3v) is 7.30. The number of benzene rings is 1. The number of amides is 1. The van der Waals surface area contributed by atoms with E-state index in [4.69, 9.17) is 27.9 Å². The number of piperidine rings is 1. The molecule has 1 N–H and O–H groups in total. The van der Waals surface area contributed by atoms with Gasteiger partial charge in [0.2, 0.25) is 10.0 Å². The molecule has 0 saturated carbocycles. The van der Waals surface area contributed by atoms with Crippen molar-refractivity contribution in [2.45, 2.75) is 25.2 Å². The molecule has 32 heavy (non-hydrogen) atoms. The Bertz CT molecular complexity index is 1100. The Morgan fingerprint density at radius 3 is 2.38 bits per heavy atom. The fourth-order valence-corrected chi connectivity index (χ4v) is 5.71. The van der Waals surface area contributed by atoms with Crippen molar-refractivity contribution in [3.05, 3.63) is 52.1 Å². The molecule has 1 aromatic heterocycles. The van der Waals surface area contributed by atoms with Crippen molar-refractivity contribution in [1.29, 1.82) is 0 Å². The molecule has 3 rings (SSSR count). The minimum atomic E-state index is -3.65.